The van der Waals surface area contributed by atoms with Gasteiger partial charge in [-0.1, -0.05) is 56.0 Å². The van der Waals surface area contributed by atoms with Gasteiger partial charge in [-0.25, -0.2) is 9.18 Å². The number of fused-ring (bicyclic) bond motifs is 1. The zero-order valence-electron chi connectivity index (χ0n) is 14.5. The molecule has 0 aliphatic heterocycles. The van der Waals surface area contributed by atoms with Gasteiger partial charge < -0.3 is 9.15 Å². The summed E-state index contributed by atoms with van der Waals surface area (Å²) in [6.07, 6.45) is 5.68. The summed E-state index contributed by atoms with van der Waals surface area (Å²) >= 11 is 0. The van der Waals surface area contributed by atoms with Crippen LogP contribution in [0.3, 0.4) is 0 Å². The SMILES string of the molecule is C=CCOc1ccc(/C=C/c2ccc3cc(CC)oc(=O)c3c2F)cc1. The monoisotopic (exact) mass is 350 g/mol. The van der Waals surface area contributed by atoms with Gasteiger partial charge in [-0.3, -0.25) is 0 Å². The van der Waals surface area contributed by atoms with E-state index in [1.54, 1.807) is 36.4 Å². The second kappa shape index (κ2) is 7.83. The Balaban J connectivity index is 1.90. The van der Waals surface area contributed by atoms with E-state index in [9.17, 15) is 9.18 Å². The van der Waals surface area contributed by atoms with Gasteiger partial charge in [0.2, 0.25) is 0 Å². The maximum absolute atomic E-state index is 14.7. The molecule has 0 aliphatic rings. The second-order valence-electron chi connectivity index (χ2n) is 5.79. The molecule has 0 aliphatic carbocycles. The summed E-state index contributed by atoms with van der Waals surface area (Å²) < 4.78 is 25.3. The molecular weight excluding hydrogens is 331 g/mol. The average Bonchev–Trinajstić information content (AvgIpc) is 2.66. The first-order valence-electron chi connectivity index (χ1n) is 8.39. The molecule has 0 unspecified atom stereocenters. The Morgan fingerprint density at radius 1 is 1.15 bits per heavy atom. The van der Waals surface area contributed by atoms with Crippen LogP contribution in [0.5, 0.6) is 5.75 Å². The summed E-state index contributed by atoms with van der Waals surface area (Å²) in [4.78, 5) is 12.1. The molecule has 0 radical (unpaired) electrons. The molecule has 0 bridgehead atoms. The Hall–Kier alpha value is -3.14. The minimum Gasteiger partial charge on any atom is -0.490 e. The van der Waals surface area contributed by atoms with E-state index in [-0.39, 0.29) is 5.39 Å². The van der Waals surface area contributed by atoms with Crippen LogP contribution < -0.4 is 10.4 Å². The molecule has 1 heterocycles. The first-order chi connectivity index (χ1) is 12.6. The molecule has 0 N–H and O–H groups in total. The number of aryl methyl sites for hydroxylation is 1. The van der Waals surface area contributed by atoms with Gasteiger partial charge in [-0.05, 0) is 29.1 Å². The van der Waals surface area contributed by atoms with Crippen LogP contribution in [0, 0.1) is 5.82 Å². The van der Waals surface area contributed by atoms with E-state index in [0.29, 0.717) is 29.7 Å². The van der Waals surface area contributed by atoms with E-state index in [4.69, 9.17) is 9.15 Å². The fourth-order valence-corrected chi connectivity index (χ4v) is 2.63. The van der Waals surface area contributed by atoms with Gasteiger partial charge in [-0.2, -0.15) is 0 Å². The third-order valence-corrected chi connectivity index (χ3v) is 4.00. The van der Waals surface area contributed by atoms with E-state index in [1.807, 2.05) is 31.2 Å². The molecule has 0 fully saturated rings. The topological polar surface area (TPSA) is 39.4 Å². The highest BCUT2D eigenvalue weighted by atomic mass is 19.1. The van der Waals surface area contributed by atoms with Gasteiger partial charge in [0.15, 0.2) is 0 Å². The first-order valence-corrected chi connectivity index (χ1v) is 8.39. The van der Waals surface area contributed by atoms with Crippen LogP contribution in [0.2, 0.25) is 0 Å². The largest absolute Gasteiger partial charge is 0.490 e. The molecule has 132 valence electrons. The van der Waals surface area contributed by atoms with E-state index >= 15 is 0 Å². The van der Waals surface area contributed by atoms with Crippen molar-refractivity contribution in [1.29, 1.82) is 0 Å². The van der Waals surface area contributed by atoms with Gasteiger partial charge in [0.25, 0.3) is 0 Å². The van der Waals surface area contributed by atoms with Crippen molar-refractivity contribution in [3.05, 3.63) is 88.2 Å². The highest BCUT2D eigenvalue weighted by Gasteiger charge is 2.11. The first kappa shape index (κ1) is 17.7. The average molecular weight is 350 g/mol. The Morgan fingerprint density at radius 2 is 1.92 bits per heavy atom. The lowest BCUT2D eigenvalue weighted by Crippen LogP contribution is -2.05. The summed E-state index contributed by atoms with van der Waals surface area (Å²) in [7, 11) is 0. The van der Waals surface area contributed by atoms with Crippen LogP contribution in [0.4, 0.5) is 4.39 Å². The van der Waals surface area contributed by atoms with Crippen molar-refractivity contribution in [2.24, 2.45) is 0 Å². The van der Waals surface area contributed by atoms with Crippen molar-refractivity contribution in [1.82, 2.24) is 0 Å². The van der Waals surface area contributed by atoms with E-state index in [1.165, 1.54) is 0 Å². The van der Waals surface area contributed by atoms with Crippen molar-refractivity contribution in [3.63, 3.8) is 0 Å². The van der Waals surface area contributed by atoms with Crippen molar-refractivity contribution in [3.8, 4) is 5.75 Å². The molecule has 26 heavy (non-hydrogen) atoms. The fraction of sp³-hybridized carbons (Fsp3) is 0.136. The molecule has 0 atom stereocenters. The number of halogens is 1. The Bertz CT molecular complexity index is 1010. The minimum absolute atomic E-state index is 0.0162. The standard InChI is InChI=1S/C22H19FO3/c1-3-13-25-19-11-6-15(7-12-19)5-8-16-9-10-17-14-18(4-2)26-22(24)20(17)21(16)23/h3,5-12,14H,1,4,13H2,2H3/b8-5+. The summed E-state index contributed by atoms with van der Waals surface area (Å²) in [5.41, 5.74) is 0.584. The lowest BCUT2D eigenvalue weighted by molar-refractivity contribution is 0.363. The molecule has 0 amide bonds. The zero-order chi connectivity index (χ0) is 18.5. The van der Waals surface area contributed by atoms with E-state index < -0.39 is 11.4 Å². The van der Waals surface area contributed by atoms with Crippen LogP contribution in [-0.4, -0.2) is 6.61 Å². The summed E-state index contributed by atoms with van der Waals surface area (Å²) in [6.45, 7) is 5.93. The molecule has 2 aromatic carbocycles. The second-order valence-corrected chi connectivity index (χ2v) is 5.79. The van der Waals surface area contributed by atoms with Crippen molar-refractivity contribution >= 4 is 22.9 Å². The van der Waals surface area contributed by atoms with Crippen LogP contribution in [0.1, 0.15) is 23.8 Å². The summed E-state index contributed by atoms with van der Waals surface area (Å²) in [6, 6.07) is 12.5. The highest BCUT2D eigenvalue weighted by molar-refractivity contribution is 5.86. The van der Waals surface area contributed by atoms with Gasteiger partial charge in [-0.15, -0.1) is 0 Å². The highest BCUT2D eigenvalue weighted by Crippen LogP contribution is 2.22. The molecule has 1 aromatic heterocycles. The third-order valence-electron chi connectivity index (χ3n) is 4.00. The lowest BCUT2D eigenvalue weighted by Gasteiger charge is -2.04. The minimum atomic E-state index is -0.643. The number of ether oxygens (including phenoxy) is 1. The van der Waals surface area contributed by atoms with Gasteiger partial charge in [0.05, 0.1) is 0 Å². The smallest absolute Gasteiger partial charge is 0.346 e. The molecular formula is C22H19FO3. The maximum Gasteiger partial charge on any atom is 0.346 e. The Morgan fingerprint density at radius 3 is 2.62 bits per heavy atom. The van der Waals surface area contributed by atoms with Crippen molar-refractivity contribution < 1.29 is 13.5 Å². The number of hydrogen-bond donors (Lipinski definition) is 0. The van der Waals surface area contributed by atoms with Crippen LogP contribution >= 0.6 is 0 Å². The maximum atomic E-state index is 14.7. The quantitative estimate of drug-likeness (QED) is 0.451. The predicted octanol–water partition coefficient (Wildman–Crippen LogP) is 5.23. The number of benzene rings is 2. The van der Waals surface area contributed by atoms with Crippen LogP contribution in [-0.2, 0) is 6.42 Å². The molecule has 0 saturated heterocycles. The predicted molar refractivity (Wildman–Crippen MR) is 103 cm³/mol. The van der Waals surface area contributed by atoms with Crippen molar-refractivity contribution in [2.45, 2.75) is 13.3 Å². The molecule has 4 heteroatoms. The van der Waals surface area contributed by atoms with Crippen molar-refractivity contribution in [2.75, 3.05) is 6.61 Å². The molecule has 0 spiro atoms. The molecule has 0 saturated carbocycles. The van der Waals surface area contributed by atoms with Gasteiger partial charge in [0, 0.05) is 12.0 Å². The number of rotatable bonds is 6. The van der Waals surface area contributed by atoms with Crippen LogP contribution in [0.15, 0.2) is 64.3 Å². The van der Waals surface area contributed by atoms with Gasteiger partial charge in [0.1, 0.15) is 29.3 Å². The van der Waals surface area contributed by atoms with Gasteiger partial charge >= 0.3 is 5.63 Å². The lowest BCUT2D eigenvalue weighted by atomic mass is 10.1. The summed E-state index contributed by atoms with van der Waals surface area (Å²) in [5, 5.41) is 0.536. The third kappa shape index (κ3) is 3.75. The molecule has 3 nitrogen and oxygen atoms in total. The zero-order valence-corrected chi connectivity index (χ0v) is 14.5. The number of hydrogen-bond acceptors (Lipinski definition) is 3. The van der Waals surface area contributed by atoms with Crippen LogP contribution in [0.25, 0.3) is 22.9 Å². The van der Waals surface area contributed by atoms with E-state index in [0.717, 1.165) is 11.3 Å². The summed E-state index contributed by atoms with van der Waals surface area (Å²) in [5.74, 6) is 0.716. The Labute approximate surface area is 151 Å². The fourth-order valence-electron chi connectivity index (χ4n) is 2.63. The molecule has 3 aromatic rings. The van der Waals surface area contributed by atoms with E-state index in [2.05, 4.69) is 6.58 Å². The normalized spacial score (nSPS) is 11.2. The Kier molecular flexibility index (Phi) is 5.32. The molecule has 3 rings (SSSR count).